The average molecular weight is 350 g/mol. The third-order valence-electron chi connectivity index (χ3n) is 3.93. The molecule has 2 amide bonds. The highest BCUT2D eigenvalue weighted by Gasteiger charge is 2.28. The van der Waals surface area contributed by atoms with Crippen LogP contribution in [0.2, 0.25) is 0 Å². The van der Waals surface area contributed by atoms with E-state index in [2.05, 4.69) is 10.6 Å². The SMILES string of the molecule is CCC(=O)N[C@@H]1C=C[C@@H](CC(=O)NCc2ccccc2F)O[C@@H]1CO. The first-order valence-electron chi connectivity index (χ1n) is 8.27. The zero-order valence-corrected chi connectivity index (χ0v) is 14.1. The number of benzene rings is 1. The number of aliphatic hydroxyl groups excluding tert-OH is 1. The number of hydrogen-bond donors (Lipinski definition) is 3. The van der Waals surface area contributed by atoms with Gasteiger partial charge < -0.3 is 20.5 Å². The van der Waals surface area contributed by atoms with E-state index in [0.717, 1.165) is 0 Å². The maximum absolute atomic E-state index is 13.5. The van der Waals surface area contributed by atoms with Gasteiger partial charge in [0.1, 0.15) is 11.9 Å². The van der Waals surface area contributed by atoms with Crippen molar-refractivity contribution in [1.82, 2.24) is 10.6 Å². The lowest BCUT2D eigenvalue weighted by molar-refractivity contribution is -0.128. The van der Waals surface area contributed by atoms with Crippen molar-refractivity contribution in [3.8, 4) is 0 Å². The molecule has 6 nitrogen and oxygen atoms in total. The number of aliphatic hydroxyl groups is 1. The zero-order valence-electron chi connectivity index (χ0n) is 14.1. The Bertz CT molecular complexity index is 635. The largest absolute Gasteiger partial charge is 0.394 e. The summed E-state index contributed by atoms with van der Waals surface area (Å²) in [6.07, 6.45) is 2.69. The second-order valence-electron chi connectivity index (χ2n) is 5.80. The molecular formula is C18H23FN2O4. The molecule has 1 heterocycles. The third-order valence-corrected chi connectivity index (χ3v) is 3.93. The number of hydrogen-bond acceptors (Lipinski definition) is 4. The molecule has 136 valence electrons. The van der Waals surface area contributed by atoms with Gasteiger partial charge in [0, 0.05) is 18.5 Å². The minimum absolute atomic E-state index is 0.0515. The van der Waals surface area contributed by atoms with Gasteiger partial charge in [-0.2, -0.15) is 0 Å². The van der Waals surface area contributed by atoms with Crippen molar-refractivity contribution < 1.29 is 23.8 Å². The van der Waals surface area contributed by atoms with Gasteiger partial charge in [0.25, 0.3) is 0 Å². The normalized spacial score (nSPS) is 22.4. The van der Waals surface area contributed by atoms with E-state index in [4.69, 9.17) is 4.74 Å². The zero-order chi connectivity index (χ0) is 18.2. The van der Waals surface area contributed by atoms with E-state index in [0.29, 0.717) is 12.0 Å². The Balaban J connectivity index is 1.86. The van der Waals surface area contributed by atoms with Gasteiger partial charge in [-0.3, -0.25) is 9.59 Å². The number of amides is 2. The van der Waals surface area contributed by atoms with Crippen LogP contribution in [0.15, 0.2) is 36.4 Å². The Kier molecular flexibility index (Phi) is 7.09. The van der Waals surface area contributed by atoms with Crippen molar-refractivity contribution in [2.24, 2.45) is 0 Å². The molecule has 0 unspecified atom stereocenters. The minimum atomic E-state index is -0.607. The highest BCUT2D eigenvalue weighted by molar-refractivity contribution is 5.77. The fourth-order valence-electron chi connectivity index (χ4n) is 2.51. The molecule has 1 aromatic carbocycles. The molecule has 0 bridgehead atoms. The van der Waals surface area contributed by atoms with Gasteiger partial charge in [0.05, 0.1) is 25.2 Å². The molecule has 3 atom stereocenters. The van der Waals surface area contributed by atoms with Gasteiger partial charge in [0.15, 0.2) is 0 Å². The smallest absolute Gasteiger partial charge is 0.223 e. The maximum atomic E-state index is 13.5. The summed E-state index contributed by atoms with van der Waals surface area (Å²) in [7, 11) is 0. The lowest BCUT2D eigenvalue weighted by atomic mass is 10.0. The Morgan fingerprint density at radius 2 is 2.00 bits per heavy atom. The van der Waals surface area contributed by atoms with Crippen LogP contribution in [0.1, 0.15) is 25.3 Å². The summed E-state index contributed by atoms with van der Waals surface area (Å²) < 4.78 is 19.2. The second kappa shape index (κ2) is 9.29. The summed E-state index contributed by atoms with van der Waals surface area (Å²) >= 11 is 0. The van der Waals surface area contributed by atoms with E-state index in [1.807, 2.05) is 0 Å². The fourth-order valence-corrected chi connectivity index (χ4v) is 2.51. The lowest BCUT2D eigenvalue weighted by Crippen LogP contribution is -2.48. The van der Waals surface area contributed by atoms with Crippen LogP contribution in [-0.4, -0.2) is 41.8 Å². The fraction of sp³-hybridized carbons (Fsp3) is 0.444. The molecule has 3 N–H and O–H groups in total. The van der Waals surface area contributed by atoms with Crippen LogP contribution in [0.5, 0.6) is 0 Å². The standard InChI is InChI=1S/C18H23FN2O4/c1-2-17(23)21-15-8-7-13(25-16(15)11-22)9-18(24)20-10-12-5-3-4-6-14(12)19/h3-8,13,15-16,22H,2,9-11H2,1H3,(H,20,24)(H,21,23)/t13-,15+,16+/m0/s1. The van der Waals surface area contributed by atoms with E-state index in [-0.39, 0.29) is 37.2 Å². The van der Waals surface area contributed by atoms with Gasteiger partial charge in [-0.15, -0.1) is 0 Å². The first kappa shape index (κ1) is 19.1. The van der Waals surface area contributed by atoms with Crippen LogP contribution >= 0.6 is 0 Å². The van der Waals surface area contributed by atoms with Gasteiger partial charge in [-0.25, -0.2) is 4.39 Å². The molecule has 1 aliphatic heterocycles. The minimum Gasteiger partial charge on any atom is -0.394 e. The molecule has 0 fully saturated rings. The summed E-state index contributed by atoms with van der Waals surface area (Å²) in [5.41, 5.74) is 0.409. The summed E-state index contributed by atoms with van der Waals surface area (Å²) in [4.78, 5) is 23.5. The molecule has 0 saturated heterocycles. The van der Waals surface area contributed by atoms with Crippen molar-refractivity contribution in [2.45, 2.75) is 44.6 Å². The van der Waals surface area contributed by atoms with Crippen LogP contribution in [0.4, 0.5) is 4.39 Å². The van der Waals surface area contributed by atoms with Crippen LogP contribution in [0.25, 0.3) is 0 Å². The number of rotatable bonds is 7. The average Bonchev–Trinajstić information content (AvgIpc) is 2.62. The number of nitrogens with one attached hydrogen (secondary N) is 2. The number of carbonyl (C=O) groups excluding carboxylic acids is 2. The first-order chi connectivity index (χ1) is 12.0. The quantitative estimate of drug-likeness (QED) is 0.641. The Morgan fingerprint density at radius 3 is 2.68 bits per heavy atom. The topological polar surface area (TPSA) is 87.7 Å². The van der Waals surface area contributed by atoms with Gasteiger partial charge in [0.2, 0.25) is 11.8 Å². The van der Waals surface area contributed by atoms with Gasteiger partial charge in [-0.05, 0) is 6.07 Å². The maximum Gasteiger partial charge on any atom is 0.223 e. The van der Waals surface area contributed by atoms with Crippen LogP contribution < -0.4 is 10.6 Å². The molecule has 1 aromatic rings. The summed E-state index contributed by atoms with van der Waals surface area (Å²) in [6, 6.07) is 5.81. The number of ether oxygens (including phenoxy) is 1. The van der Waals surface area contributed by atoms with Crippen molar-refractivity contribution in [3.05, 3.63) is 47.8 Å². The predicted molar refractivity (Wildman–Crippen MR) is 90.0 cm³/mol. The van der Waals surface area contributed by atoms with E-state index in [1.54, 1.807) is 37.3 Å². The van der Waals surface area contributed by atoms with Crippen molar-refractivity contribution >= 4 is 11.8 Å². The van der Waals surface area contributed by atoms with Crippen LogP contribution in [0.3, 0.4) is 0 Å². The van der Waals surface area contributed by atoms with Crippen molar-refractivity contribution in [2.75, 3.05) is 6.61 Å². The molecular weight excluding hydrogens is 327 g/mol. The predicted octanol–water partition coefficient (Wildman–Crippen LogP) is 1.04. The highest BCUT2D eigenvalue weighted by Crippen LogP contribution is 2.16. The van der Waals surface area contributed by atoms with Crippen molar-refractivity contribution in [1.29, 1.82) is 0 Å². The summed E-state index contributed by atoms with van der Waals surface area (Å²) in [6.45, 7) is 1.56. The van der Waals surface area contributed by atoms with Gasteiger partial charge in [-0.1, -0.05) is 37.3 Å². The van der Waals surface area contributed by atoms with E-state index < -0.39 is 18.2 Å². The van der Waals surface area contributed by atoms with Gasteiger partial charge >= 0.3 is 0 Å². The Labute approximate surface area is 146 Å². The molecule has 25 heavy (non-hydrogen) atoms. The van der Waals surface area contributed by atoms with Crippen LogP contribution in [-0.2, 0) is 20.9 Å². The highest BCUT2D eigenvalue weighted by atomic mass is 19.1. The molecule has 1 aliphatic rings. The lowest BCUT2D eigenvalue weighted by Gasteiger charge is -2.31. The summed E-state index contributed by atoms with van der Waals surface area (Å²) in [5, 5.41) is 14.8. The van der Waals surface area contributed by atoms with Crippen LogP contribution in [0, 0.1) is 5.82 Å². The number of carbonyl (C=O) groups is 2. The molecule has 0 spiro atoms. The molecule has 0 saturated carbocycles. The molecule has 0 aromatic heterocycles. The number of halogens is 1. The Hall–Kier alpha value is -2.25. The Morgan fingerprint density at radius 1 is 1.24 bits per heavy atom. The van der Waals surface area contributed by atoms with E-state index in [9.17, 15) is 19.1 Å². The third kappa shape index (κ3) is 5.65. The van der Waals surface area contributed by atoms with E-state index >= 15 is 0 Å². The molecule has 0 radical (unpaired) electrons. The van der Waals surface area contributed by atoms with Crippen molar-refractivity contribution in [3.63, 3.8) is 0 Å². The van der Waals surface area contributed by atoms with E-state index in [1.165, 1.54) is 6.07 Å². The molecule has 2 rings (SSSR count). The monoisotopic (exact) mass is 350 g/mol. The second-order valence-corrected chi connectivity index (χ2v) is 5.80. The molecule has 7 heteroatoms. The first-order valence-corrected chi connectivity index (χ1v) is 8.27. The summed E-state index contributed by atoms with van der Waals surface area (Å²) in [5.74, 6) is -0.796. The molecule has 0 aliphatic carbocycles.